The van der Waals surface area contributed by atoms with Crippen molar-refractivity contribution in [3.63, 3.8) is 0 Å². The van der Waals surface area contributed by atoms with Crippen molar-refractivity contribution in [1.82, 2.24) is 4.90 Å². The molecule has 1 N–H and O–H groups in total. The van der Waals surface area contributed by atoms with Gasteiger partial charge in [0.2, 0.25) is 5.91 Å². The van der Waals surface area contributed by atoms with E-state index in [1.165, 1.54) is 19.3 Å². The molecule has 0 saturated carbocycles. The van der Waals surface area contributed by atoms with Crippen molar-refractivity contribution >= 4 is 23.2 Å². The summed E-state index contributed by atoms with van der Waals surface area (Å²) >= 11 is 0. The van der Waals surface area contributed by atoms with Gasteiger partial charge in [0.15, 0.2) is 6.61 Å². The Hall–Kier alpha value is -3.06. The number of fused-ring (bicyclic) bond motifs is 1. The molecule has 2 heterocycles. The highest BCUT2D eigenvalue weighted by atomic mass is 16.5. The van der Waals surface area contributed by atoms with Crippen LogP contribution in [0.1, 0.15) is 32.1 Å². The lowest BCUT2D eigenvalue weighted by molar-refractivity contribution is -0.121. The average Bonchev–Trinajstić information content (AvgIpc) is 2.82. The van der Waals surface area contributed by atoms with Gasteiger partial charge in [-0.15, -0.1) is 0 Å². The van der Waals surface area contributed by atoms with Crippen molar-refractivity contribution in [3.8, 4) is 11.5 Å². The number of para-hydroxylation sites is 1. The van der Waals surface area contributed by atoms with E-state index < -0.39 is 0 Å². The third kappa shape index (κ3) is 6.01. The molecule has 0 aliphatic carbocycles. The van der Waals surface area contributed by atoms with E-state index in [9.17, 15) is 9.59 Å². The van der Waals surface area contributed by atoms with E-state index in [4.69, 9.17) is 9.47 Å². The molecule has 170 valence electrons. The Kier molecular flexibility index (Phi) is 7.61. The van der Waals surface area contributed by atoms with Crippen LogP contribution in [0.5, 0.6) is 11.5 Å². The van der Waals surface area contributed by atoms with Gasteiger partial charge in [-0.25, -0.2) is 0 Å². The summed E-state index contributed by atoms with van der Waals surface area (Å²) < 4.78 is 11.2. The third-order valence-corrected chi connectivity index (χ3v) is 5.83. The van der Waals surface area contributed by atoms with Crippen LogP contribution >= 0.6 is 0 Å². The Morgan fingerprint density at radius 1 is 1.03 bits per heavy atom. The second-order valence-electron chi connectivity index (χ2n) is 8.23. The fourth-order valence-corrected chi connectivity index (χ4v) is 4.11. The lowest BCUT2D eigenvalue weighted by Gasteiger charge is -2.33. The van der Waals surface area contributed by atoms with Gasteiger partial charge in [-0.1, -0.05) is 24.6 Å². The van der Waals surface area contributed by atoms with Gasteiger partial charge in [0.1, 0.15) is 11.5 Å². The van der Waals surface area contributed by atoms with Gasteiger partial charge in [-0.3, -0.25) is 9.59 Å². The van der Waals surface area contributed by atoms with Crippen LogP contribution in [0.3, 0.4) is 0 Å². The van der Waals surface area contributed by atoms with Gasteiger partial charge in [0, 0.05) is 25.2 Å². The lowest BCUT2D eigenvalue weighted by Crippen LogP contribution is -2.44. The fourth-order valence-electron chi connectivity index (χ4n) is 4.11. The molecule has 2 aromatic carbocycles. The van der Waals surface area contributed by atoms with Crippen molar-refractivity contribution in [2.45, 2.75) is 32.1 Å². The summed E-state index contributed by atoms with van der Waals surface area (Å²) in [4.78, 5) is 29.1. The zero-order valence-electron chi connectivity index (χ0n) is 18.4. The largest absolute Gasteiger partial charge is 0.494 e. The summed E-state index contributed by atoms with van der Waals surface area (Å²) in [5.41, 5.74) is 1.39. The number of hydrogen-bond donors (Lipinski definition) is 1. The molecular weight excluding hydrogens is 406 g/mol. The molecular formula is C25H31N3O4. The number of amides is 2. The minimum absolute atomic E-state index is 0.0453. The standard InChI is InChI=1S/C25H31N3O4/c29-24(10-7-17-31-21-8-3-1-4-9-21)26-20-11-12-23-22(18-20)28(25(30)19-32-23)16-15-27-13-5-2-6-14-27/h1,3-4,8-9,11-12,18H,2,5-7,10,13-17,19H2,(H,26,29). The molecule has 4 rings (SSSR count). The van der Waals surface area contributed by atoms with Crippen molar-refractivity contribution in [2.24, 2.45) is 0 Å². The Morgan fingerprint density at radius 3 is 2.66 bits per heavy atom. The summed E-state index contributed by atoms with van der Waals surface area (Å²) in [6.07, 6.45) is 4.71. The Balaban J connectivity index is 1.30. The van der Waals surface area contributed by atoms with E-state index in [1.807, 2.05) is 48.5 Å². The number of ether oxygens (including phenoxy) is 2. The quantitative estimate of drug-likeness (QED) is 0.606. The predicted molar refractivity (Wildman–Crippen MR) is 124 cm³/mol. The summed E-state index contributed by atoms with van der Waals surface area (Å²) in [7, 11) is 0. The number of hydrogen-bond acceptors (Lipinski definition) is 5. The van der Waals surface area contributed by atoms with Gasteiger partial charge < -0.3 is 24.6 Å². The van der Waals surface area contributed by atoms with Crippen LogP contribution in [0.15, 0.2) is 48.5 Å². The summed E-state index contributed by atoms with van der Waals surface area (Å²) in [5, 5.41) is 2.93. The zero-order chi connectivity index (χ0) is 22.2. The monoisotopic (exact) mass is 437 g/mol. The summed E-state index contributed by atoms with van der Waals surface area (Å²) in [6, 6.07) is 15.0. The molecule has 32 heavy (non-hydrogen) atoms. The maximum atomic E-state index is 12.5. The number of likely N-dealkylation sites (tertiary alicyclic amines) is 1. The number of anilines is 2. The summed E-state index contributed by atoms with van der Waals surface area (Å²) in [6.45, 7) is 4.20. The second kappa shape index (κ2) is 11.0. The van der Waals surface area contributed by atoms with Crippen LogP contribution in [0.4, 0.5) is 11.4 Å². The van der Waals surface area contributed by atoms with Crippen LogP contribution < -0.4 is 19.7 Å². The number of carbonyl (C=O) groups excluding carboxylic acids is 2. The van der Waals surface area contributed by atoms with E-state index in [1.54, 1.807) is 4.90 Å². The van der Waals surface area contributed by atoms with Gasteiger partial charge in [0.05, 0.1) is 12.3 Å². The first-order valence-corrected chi connectivity index (χ1v) is 11.5. The molecule has 7 nitrogen and oxygen atoms in total. The molecule has 0 unspecified atom stereocenters. The van der Waals surface area contributed by atoms with Crippen molar-refractivity contribution in [2.75, 3.05) is 49.6 Å². The third-order valence-electron chi connectivity index (χ3n) is 5.83. The number of nitrogens with one attached hydrogen (secondary N) is 1. The van der Waals surface area contributed by atoms with E-state index in [0.717, 1.165) is 31.1 Å². The predicted octanol–water partition coefficient (Wildman–Crippen LogP) is 3.70. The fraction of sp³-hybridized carbons (Fsp3) is 0.440. The molecule has 2 aliphatic heterocycles. The highest BCUT2D eigenvalue weighted by molar-refractivity contribution is 5.99. The molecule has 0 spiro atoms. The Morgan fingerprint density at radius 2 is 1.84 bits per heavy atom. The molecule has 2 aromatic rings. The first kappa shape index (κ1) is 22.1. The van der Waals surface area contributed by atoms with Crippen LogP contribution in [0.2, 0.25) is 0 Å². The molecule has 0 aromatic heterocycles. The highest BCUT2D eigenvalue weighted by Crippen LogP contribution is 2.34. The topological polar surface area (TPSA) is 71.1 Å². The Bertz CT molecular complexity index is 913. The minimum atomic E-state index is -0.0791. The molecule has 2 amide bonds. The minimum Gasteiger partial charge on any atom is -0.494 e. The zero-order valence-corrected chi connectivity index (χ0v) is 18.4. The number of piperidine rings is 1. The van der Waals surface area contributed by atoms with E-state index in [0.29, 0.717) is 37.4 Å². The number of carbonyl (C=O) groups is 2. The Labute approximate surface area is 189 Å². The molecule has 1 saturated heterocycles. The van der Waals surface area contributed by atoms with Crippen molar-refractivity contribution in [1.29, 1.82) is 0 Å². The number of rotatable bonds is 9. The van der Waals surface area contributed by atoms with E-state index in [-0.39, 0.29) is 18.4 Å². The van der Waals surface area contributed by atoms with Crippen LogP contribution in [-0.4, -0.2) is 56.1 Å². The van der Waals surface area contributed by atoms with Gasteiger partial charge >= 0.3 is 0 Å². The van der Waals surface area contributed by atoms with Crippen LogP contribution in [0.25, 0.3) is 0 Å². The summed E-state index contributed by atoms with van der Waals surface area (Å²) in [5.74, 6) is 1.36. The molecule has 2 aliphatic rings. The highest BCUT2D eigenvalue weighted by Gasteiger charge is 2.26. The number of benzene rings is 2. The second-order valence-corrected chi connectivity index (χ2v) is 8.23. The van der Waals surface area contributed by atoms with E-state index >= 15 is 0 Å². The maximum absolute atomic E-state index is 12.5. The van der Waals surface area contributed by atoms with Crippen molar-refractivity contribution in [3.05, 3.63) is 48.5 Å². The average molecular weight is 438 g/mol. The smallest absolute Gasteiger partial charge is 0.265 e. The number of nitrogens with zero attached hydrogens (tertiary/aromatic N) is 2. The first-order valence-electron chi connectivity index (χ1n) is 11.5. The van der Waals surface area contributed by atoms with E-state index in [2.05, 4.69) is 10.2 Å². The lowest BCUT2D eigenvalue weighted by atomic mass is 10.1. The normalized spacial score (nSPS) is 16.2. The van der Waals surface area contributed by atoms with Crippen LogP contribution in [0, 0.1) is 0 Å². The molecule has 0 atom stereocenters. The maximum Gasteiger partial charge on any atom is 0.265 e. The van der Waals surface area contributed by atoms with Crippen molar-refractivity contribution < 1.29 is 19.1 Å². The SMILES string of the molecule is O=C(CCCOc1ccccc1)Nc1ccc2c(c1)N(CCN1CCCCC1)C(=O)CO2. The van der Waals surface area contributed by atoms with Gasteiger partial charge in [-0.2, -0.15) is 0 Å². The molecule has 0 bridgehead atoms. The molecule has 7 heteroatoms. The van der Waals surface area contributed by atoms with Crippen LogP contribution in [-0.2, 0) is 9.59 Å². The molecule has 0 radical (unpaired) electrons. The van der Waals surface area contributed by atoms with Gasteiger partial charge in [0.25, 0.3) is 5.91 Å². The molecule has 1 fully saturated rings. The first-order chi connectivity index (χ1) is 15.7. The van der Waals surface area contributed by atoms with Gasteiger partial charge in [-0.05, 0) is 62.7 Å².